The first-order valence-electron chi connectivity index (χ1n) is 6.96. The van der Waals surface area contributed by atoms with E-state index in [4.69, 9.17) is 0 Å². The molecular weight excluding hydrogens is 320 g/mol. The van der Waals surface area contributed by atoms with E-state index in [-0.39, 0.29) is 16.6 Å². The highest BCUT2D eigenvalue weighted by atomic mass is 79.9. The van der Waals surface area contributed by atoms with Gasteiger partial charge in [0.1, 0.15) is 0 Å². The molecule has 20 heavy (non-hydrogen) atoms. The Labute approximate surface area is 127 Å². The summed E-state index contributed by atoms with van der Waals surface area (Å²) in [6, 6.07) is 7.09. The van der Waals surface area contributed by atoms with Gasteiger partial charge in [-0.2, -0.15) is 0 Å². The van der Waals surface area contributed by atoms with E-state index in [2.05, 4.69) is 21.2 Å². The van der Waals surface area contributed by atoms with Crippen molar-refractivity contribution < 1.29 is 9.59 Å². The Morgan fingerprint density at radius 3 is 2.40 bits per heavy atom. The molecule has 0 bridgehead atoms. The number of likely N-dealkylation sites (tertiary alicyclic amines) is 1. The smallest absolute Gasteiger partial charge is 0.253 e. The molecule has 2 rings (SSSR count). The normalized spacial score (nSPS) is 16.0. The van der Waals surface area contributed by atoms with Gasteiger partial charge < -0.3 is 10.2 Å². The van der Waals surface area contributed by atoms with Crippen LogP contribution in [0.2, 0.25) is 0 Å². The van der Waals surface area contributed by atoms with Gasteiger partial charge in [0.05, 0.1) is 4.83 Å². The zero-order valence-electron chi connectivity index (χ0n) is 11.6. The summed E-state index contributed by atoms with van der Waals surface area (Å²) in [6.45, 7) is 3.63. The third-order valence-electron chi connectivity index (χ3n) is 3.44. The third-order valence-corrected chi connectivity index (χ3v) is 4.50. The molecule has 0 aliphatic carbocycles. The number of carbonyl (C=O) groups excluding carboxylic acids is 2. The van der Waals surface area contributed by atoms with E-state index in [9.17, 15) is 9.59 Å². The van der Waals surface area contributed by atoms with Crippen LogP contribution in [-0.4, -0.2) is 34.6 Å². The Kier molecular flexibility index (Phi) is 5.17. The minimum Gasteiger partial charge on any atom is -0.339 e. The molecule has 1 heterocycles. The van der Waals surface area contributed by atoms with Crippen molar-refractivity contribution in [2.24, 2.45) is 0 Å². The van der Waals surface area contributed by atoms with Gasteiger partial charge in [-0.1, -0.05) is 22.9 Å². The van der Waals surface area contributed by atoms with E-state index < -0.39 is 0 Å². The van der Waals surface area contributed by atoms with E-state index in [0.29, 0.717) is 11.3 Å². The van der Waals surface area contributed by atoms with Gasteiger partial charge >= 0.3 is 0 Å². The molecule has 1 aliphatic heterocycles. The number of hydrogen-bond donors (Lipinski definition) is 1. The average molecular weight is 339 g/mol. The summed E-state index contributed by atoms with van der Waals surface area (Å²) in [5.74, 6) is 0.0124. The maximum absolute atomic E-state index is 12.2. The third kappa shape index (κ3) is 3.60. The van der Waals surface area contributed by atoms with Crippen molar-refractivity contribution >= 4 is 33.4 Å². The van der Waals surface area contributed by atoms with Gasteiger partial charge in [0.25, 0.3) is 5.91 Å². The topological polar surface area (TPSA) is 49.4 Å². The number of alkyl halides is 1. The highest BCUT2D eigenvalue weighted by Crippen LogP contribution is 2.16. The summed E-state index contributed by atoms with van der Waals surface area (Å²) >= 11 is 3.31. The Balaban J connectivity index is 1.99. The Morgan fingerprint density at radius 2 is 1.85 bits per heavy atom. The molecule has 0 spiro atoms. The lowest BCUT2D eigenvalue weighted by Crippen LogP contribution is -2.27. The van der Waals surface area contributed by atoms with E-state index in [1.165, 1.54) is 0 Å². The summed E-state index contributed by atoms with van der Waals surface area (Å²) in [7, 11) is 0. The van der Waals surface area contributed by atoms with Crippen LogP contribution in [0.1, 0.15) is 36.5 Å². The number of halogens is 1. The summed E-state index contributed by atoms with van der Waals surface area (Å²) in [6.07, 6.45) is 2.91. The highest BCUT2D eigenvalue weighted by molar-refractivity contribution is 9.10. The molecule has 0 radical (unpaired) electrons. The van der Waals surface area contributed by atoms with Crippen molar-refractivity contribution in [1.29, 1.82) is 0 Å². The summed E-state index contributed by atoms with van der Waals surface area (Å²) in [4.78, 5) is 25.6. The van der Waals surface area contributed by atoms with Crippen LogP contribution in [-0.2, 0) is 4.79 Å². The fourth-order valence-electron chi connectivity index (χ4n) is 2.20. The van der Waals surface area contributed by atoms with Gasteiger partial charge in [-0.15, -0.1) is 0 Å². The fraction of sp³-hybridized carbons (Fsp3) is 0.467. The van der Waals surface area contributed by atoms with Crippen molar-refractivity contribution in [2.45, 2.75) is 31.0 Å². The second kappa shape index (κ2) is 6.88. The van der Waals surface area contributed by atoms with Crippen LogP contribution in [0.25, 0.3) is 0 Å². The van der Waals surface area contributed by atoms with E-state index in [0.717, 1.165) is 32.4 Å². The minimum absolute atomic E-state index is 0.0638. The lowest BCUT2D eigenvalue weighted by molar-refractivity contribution is -0.115. The predicted molar refractivity (Wildman–Crippen MR) is 83.2 cm³/mol. The monoisotopic (exact) mass is 338 g/mol. The molecule has 1 fully saturated rings. The zero-order chi connectivity index (χ0) is 14.5. The molecular formula is C15H19BrN2O2. The van der Waals surface area contributed by atoms with Gasteiger partial charge in [-0.3, -0.25) is 9.59 Å². The SMILES string of the molecule is CCC(Br)C(=O)Nc1ccc(C(=O)N2CCCC2)cc1. The molecule has 1 aromatic rings. The average Bonchev–Trinajstić information content (AvgIpc) is 3.00. The second-order valence-corrected chi connectivity index (χ2v) is 6.05. The van der Waals surface area contributed by atoms with Gasteiger partial charge in [0, 0.05) is 24.3 Å². The van der Waals surface area contributed by atoms with E-state index in [1.54, 1.807) is 24.3 Å². The van der Waals surface area contributed by atoms with Crippen molar-refractivity contribution in [3.8, 4) is 0 Å². The largest absolute Gasteiger partial charge is 0.339 e. The van der Waals surface area contributed by atoms with Crippen LogP contribution >= 0.6 is 15.9 Å². The summed E-state index contributed by atoms with van der Waals surface area (Å²) in [5, 5.41) is 2.82. The maximum Gasteiger partial charge on any atom is 0.253 e. The summed E-state index contributed by atoms with van der Waals surface area (Å²) < 4.78 is 0. The predicted octanol–water partition coefficient (Wildman–Crippen LogP) is 3.03. The van der Waals surface area contributed by atoms with Crippen molar-refractivity contribution in [2.75, 3.05) is 18.4 Å². The summed E-state index contributed by atoms with van der Waals surface area (Å²) in [5.41, 5.74) is 1.39. The molecule has 108 valence electrons. The molecule has 4 nitrogen and oxygen atoms in total. The first kappa shape index (κ1) is 15.0. The second-order valence-electron chi connectivity index (χ2n) is 4.94. The molecule has 1 aromatic carbocycles. The number of anilines is 1. The molecule has 2 amide bonds. The van der Waals surface area contributed by atoms with Crippen LogP contribution in [0, 0.1) is 0 Å². The fourth-order valence-corrected chi connectivity index (χ4v) is 2.32. The number of nitrogens with one attached hydrogen (secondary N) is 1. The van der Waals surface area contributed by atoms with Gasteiger partial charge in [-0.25, -0.2) is 0 Å². The molecule has 1 saturated heterocycles. The first-order chi connectivity index (χ1) is 9.61. The molecule has 0 aromatic heterocycles. The lowest BCUT2D eigenvalue weighted by Gasteiger charge is -2.15. The molecule has 1 atom stereocenters. The molecule has 1 N–H and O–H groups in total. The van der Waals surface area contributed by atoms with Crippen molar-refractivity contribution in [3.63, 3.8) is 0 Å². The van der Waals surface area contributed by atoms with Gasteiger partial charge in [0.15, 0.2) is 0 Å². The quantitative estimate of drug-likeness (QED) is 0.858. The number of amides is 2. The Bertz CT molecular complexity index is 481. The number of nitrogens with zero attached hydrogens (tertiary/aromatic N) is 1. The molecule has 1 aliphatic rings. The van der Waals surface area contributed by atoms with E-state index in [1.807, 2.05) is 11.8 Å². The molecule has 1 unspecified atom stereocenters. The first-order valence-corrected chi connectivity index (χ1v) is 7.87. The number of hydrogen-bond acceptors (Lipinski definition) is 2. The van der Waals surface area contributed by atoms with Gasteiger partial charge in [0.2, 0.25) is 5.91 Å². The minimum atomic E-state index is -0.187. The number of carbonyl (C=O) groups is 2. The lowest BCUT2D eigenvalue weighted by atomic mass is 10.2. The van der Waals surface area contributed by atoms with Crippen LogP contribution in [0.15, 0.2) is 24.3 Å². The molecule has 0 saturated carbocycles. The van der Waals surface area contributed by atoms with Crippen molar-refractivity contribution in [1.82, 2.24) is 4.90 Å². The Hall–Kier alpha value is -1.36. The number of rotatable bonds is 4. The molecule has 5 heteroatoms. The number of benzene rings is 1. The standard InChI is InChI=1S/C15H19BrN2O2/c1-2-13(16)14(19)17-12-7-5-11(6-8-12)15(20)18-9-3-4-10-18/h5-8,13H,2-4,9-10H2,1H3,(H,17,19). The Morgan fingerprint density at radius 1 is 1.25 bits per heavy atom. The highest BCUT2D eigenvalue weighted by Gasteiger charge is 2.19. The van der Waals surface area contributed by atoms with Crippen LogP contribution in [0.3, 0.4) is 0 Å². The van der Waals surface area contributed by atoms with Crippen LogP contribution < -0.4 is 5.32 Å². The van der Waals surface area contributed by atoms with Crippen LogP contribution in [0.5, 0.6) is 0 Å². The van der Waals surface area contributed by atoms with Crippen LogP contribution in [0.4, 0.5) is 5.69 Å². The maximum atomic E-state index is 12.2. The van der Waals surface area contributed by atoms with E-state index >= 15 is 0 Å². The zero-order valence-corrected chi connectivity index (χ0v) is 13.1. The van der Waals surface area contributed by atoms with Crippen molar-refractivity contribution in [3.05, 3.63) is 29.8 Å². The van der Waals surface area contributed by atoms with Gasteiger partial charge in [-0.05, 0) is 43.5 Å².